The molecule has 0 saturated heterocycles. The molecule has 0 radical (unpaired) electrons. The first-order valence-corrected chi connectivity index (χ1v) is 4.97. The molecule has 17 heavy (non-hydrogen) atoms. The molecule has 0 spiro atoms. The molecule has 5 heteroatoms. The maximum absolute atomic E-state index is 10.7. The molecule has 1 unspecified atom stereocenters. The van der Waals surface area contributed by atoms with Crippen LogP contribution in [-0.4, -0.2) is 22.5 Å². The van der Waals surface area contributed by atoms with Crippen LogP contribution < -0.4 is 0 Å². The van der Waals surface area contributed by atoms with E-state index >= 15 is 0 Å². The van der Waals surface area contributed by atoms with Crippen LogP contribution in [-0.2, 0) is 16.0 Å². The van der Waals surface area contributed by atoms with Crippen molar-refractivity contribution in [1.82, 2.24) is 0 Å². The van der Waals surface area contributed by atoms with Crippen LogP contribution in [0.1, 0.15) is 29.2 Å². The van der Waals surface area contributed by atoms with Crippen molar-refractivity contribution in [3.8, 4) is 6.07 Å². The minimum absolute atomic E-state index is 0.216. The number of carbonyl (C=O) groups excluding carboxylic acids is 1. The van der Waals surface area contributed by atoms with Gasteiger partial charge in [0.25, 0.3) is 0 Å². The van der Waals surface area contributed by atoms with Crippen LogP contribution in [0.25, 0.3) is 0 Å². The lowest BCUT2D eigenvalue weighted by molar-refractivity contribution is -0.147. The Kier molecular flexibility index (Phi) is 4.37. The van der Waals surface area contributed by atoms with Gasteiger partial charge in [0.2, 0.25) is 0 Å². The zero-order chi connectivity index (χ0) is 12.8. The number of aliphatic hydroxyl groups is 1. The van der Waals surface area contributed by atoms with E-state index in [9.17, 15) is 14.7 Å². The minimum atomic E-state index is -1.63. The van der Waals surface area contributed by atoms with Crippen molar-refractivity contribution >= 4 is 12.3 Å². The van der Waals surface area contributed by atoms with Crippen LogP contribution >= 0.6 is 0 Å². The number of carboxylic acids is 1. The fourth-order valence-corrected chi connectivity index (χ4v) is 1.51. The molecule has 1 rings (SSSR count). The standard InChI is InChI=1S/C12H11NO4/c13-7-8-3-4-10(11(15)12(16)17)9(6-8)2-1-5-14/h3-6,11,15H,1-2H2,(H,16,17). The number of carbonyl (C=O) groups is 2. The van der Waals surface area contributed by atoms with E-state index in [4.69, 9.17) is 10.4 Å². The van der Waals surface area contributed by atoms with E-state index in [-0.39, 0.29) is 12.0 Å². The van der Waals surface area contributed by atoms with Crippen molar-refractivity contribution in [2.24, 2.45) is 0 Å². The predicted molar refractivity (Wildman–Crippen MR) is 58.1 cm³/mol. The molecule has 2 N–H and O–H groups in total. The van der Waals surface area contributed by atoms with E-state index in [1.54, 1.807) is 0 Å². The molecule has 0 amide bonds. The minimum Gasteiger partial charge on any atom is -0.479 e. The summed E-state index contributed by atoms with van der Waals surface area (Å²) in [6.07, 6.45) is -0.410. The highest BCUT2D eigenvalue weighted by Gasteiger charge is 2.19. The second kappa shape index (κ2) is 5.77. The monoisotopic (exact) mass is 233 g/mol. The number of hydrogen-bond donors (Lipinski definition) is 2. The molecule has 1 aromatic rings. The molecule has 1 atom stereocenters. The van der Waals surface area contributed by atoms with Crippen molar-refractivity contribution in [2.45, 2.75) is 18.9 Å². The summed E-state index contributed by atoms with van der Waals surface area (Å²) in [5.41, 5.74) is 1.09. The smallest absolute Gasteiger partial charge is 0.337 e. The average molecular weight is 233 g/mol. The van der Waals surface area contributed by atoms with Gasteiger partial charge < -0.3 is 15.0 Å². The summed E-state index contributed by atoms with van der Waals surface area (Å²) >= 11 is 0. The number of benzene rings is 1. The molecule has 0 aliphatic rings. The summed E-state index contributed by atoms with van der Waals surface area (Å²) in [6.45, 7) is 0. The van der Waals surface area contributed by atoms with Gasteiger partial charge >= 0.3 is 5.97 Å². The largest absolute Gasteiger partial charge is 0.479 e. The average Bonchev–Trinajstić information content (AvgIpc) is 2.34. The highest BCUT2D eigenvalue weighted by Crippen LogP contribution is 2.21. The number of nitrogens with zero attached hydrogens (tertiary/aromatic N) is 1. The van der Waals surface area contributed by atoms with Gasteiger partial charge in [0, 0.05) is 6.42 Å². The van der Waals surface area contributed by atoms with Gasteiger partial charge in [0.05, 0.1) is 11.6 Å². The van der Waals surface area contributed by atoms with Crippen molar-refractivity contribution in [3.63, 3.8) is 0 Å². The Labute approximate surface area is 97.9 Å². The van der Waals surface area contributed by atoms with Gasteiger partial charge in [-0.3, -0.25) is 0 Å². The number of carboxylic acid groups (broad SMARTS) is 1. The summed E-state index contributed by atoms with van der Waals surface area (Å²) < 4.78 is 0. The highest BCUT2D eigenvalue weighted by atomic mass is 16.4. The predicted octanol–water partition coefficient (Wildman–Crippen LogP) is 0.808. The number of nitriles is 1. The molecule has 5 nitrogen and oxygen atoms in total. The molecule has 0 saturated carbocycles. The molecule has 0 fully saturated rings. The SMILES string of the molecule is N#Cc1ccc(C(O)C(=O)O)c(CCC=O)c1. The molecule has 0 bridgehead atoms. The Bertz CT molecular complexity index is 476. The third-order valence-electron chi connectivity index (χ3n) is 2.33. The van der Waals surface area contributed by atoms with Gasteiger partial charge in [-0.2, -0.15) is 5.26 Å². The highest BCUT2D eigenvalue weighted by molar-refractivity contribution is 5.74. The lowest BCUT2D eigenvalue weighted by atomic mass is 9.96. The molecule has 88 valence electrons. The summed E-state index contributed by atoms with van der Waals surface area (Å²) in [5, 5.41) is 26.9. The van der Waals surface area contributed by atoms with Gasteiger partial charge in [0.1, 0.15) is 6.29 Å². The maximum atomic E-state index is 10.7. The Morgan fingerprint density at radius 1 is 1.53 bits per heavy atom. The van der Waals surface area contributed by atoms with Gasteiger partial charge in [-0.1, -0.05) is 6.07 Å². The van der Waals surface area contributed by atoms with Gasteiger partial charge in [0.15, 0.2) is 6.10 Å². The molecule has 0 aliphatic heterocycles. The van der Waals surface area contributed by atoms with Gasteiger partial charge in [-0.25, -0.2) is 4.79 Å². The topological polar surface area (TPSA) is 98.4 Å². The molecular formula is C12H11NO4. The van der Waals surface area contributed by atoms with E-state index in [2.05, 4.69) is 0 Å². The number of aliphatic hydroxyl groups excluding tert-OH is 1. The fraction of sp³-hybridized carbons (Fsp3) is 0.250. The van der Waals surface area contributed by atoms with Crippen molar-refractivity contribution in [2.75, 3.05) is 0 Å². The first kappa shape index (κ1) is 12.9. The number of aliphatic carboxylic acids is 1. The Morgan fingerprint density at radius 2 is 2.24 bits per heavy atom. The maximum Gasteiger partial charge on any atom is 0.337 e. The zero-order valence-electron chi connectivity index (χ0n) is 8.96. The third-order valence-corrected chi connectivity index (χ3v) is 2.33. The Hall–Kier alpha value is -2.19. The van der Waals surface area contributed by atoms with Gasteiger partial charge in [-0.05, 0) is 29.7 Å². The normalized spacial score (nSPS) is 11.5. The van der Waals surface area contributed by atoms with Crippen LogP contribution in [0.15, 0.2) is 18.2 Å². The Morgan fingerprint density at radius 3 is 2.76 bits per heavy atom. The van der Waals surface area contributed by atoms with E-state index < -0.39 is 12.1 Å². The number of aryl methyl sites for hydroxylation is 1. The van der Waals surface area contributed by atoms with Crippen LogP contribution in [0, 0.1) is 11.3 Å². The second-order valence-corrected chi connectivity index (χ2v) is 3.47. The lowest BCUT2D eigenvalue weighted by Gasteiger charge is -2.11. The number of rotatable bonds is 5. The van der Waals surface area contributed by atoms with Crippen LogP contribution in [0.4, 0.5) is 0 Å². The lowest BCUT2D eigenvalue weighted by Crippen LogP contribution is -2.13. The van der Waals surface area contributed by atoms with Crippen LogP contribution in [0.2, 0.25) is 0 Å². The van der Waals surface area contributed by atoms with Crippen molar-refractivity contribution in [1.29, 1.82) is 5.26 Å². The molecule has 0 aliphatic carbocycles. The van der Waals surface area contributed by atoms with E-state index in [0.29, 0.717) is 23.8 Å². The van der Waals surface area contributed by atoms with Crippen LogP contribution in [0.3, 0.4) is 0 Å². The molecule has 0 heterocycles. The quantitative estimate of drug-likeness (QED) is 0.733. The molecule has 0 aromatic heterocycles. The molecular weight excluding hydrogens is 222 g/mol. The van der Waals surface area contributed by atoms with Crippen LogP contribution in [0.5, 0.6) is 0 Å². The van der Waals surface area contributed by atoms with Gasteiger partial charge in [-0.15, -0.1) is 0 Å². The Balaban J connectivity index is 3.15. The summed E-state index contributed by atoms with van der Waals surface area (Å²) in [6, 6.07) is 6.25. The summed E-state index contributed by atoms with van der Waals surface area (Å²) in [7, 11) is 0. The zero-order valence-corrected chi connectivity index (χ0v) is 8.96. The fourth-order valence-electron chi connectivity index (χ4n) is 1.51. The summed E-state index contributed by atoms with van der Waals surface area (Å²) in [5.74, 6) is -1.36. The van der Waals surface area contributed by atoms with Crippen molar-refractivity contribution < 1.29 is 19.8 Å². The molecule has 1 aromatic carbocycles. The number of hydrogen-bond acceptors (Lipinski definition) is 4. The first-order chi connectivity index (χ1) is 8.10. The van der Waals surface area contributed by atoms with E-state index in [1.165, 1.54) is 18.2 Å². The second-order valence-electron chi connectivity index (χ2n) is 3.47. The number of aldehydes is 1. The van der Waals surface area contributed by atoms with Crippen molar-refractivity contribution in [3.05, 3.63) is 34.9 Å². The first-order valence-electron chi connectivity index (χ1n) is 4.97. The summed E-state index contributed by atoms with van der Waals surface area (Å²) in [4.78, 5) is 21.0. The third kappa shape index (κ3) is 3.13. The van der Waals surface area contributed by atoms with E-state index in [0.717, 1.165) is 0 Å². The van der Waals surface area contributed by atoms with E-state index in [1.807, 2.05) is 6.07 Å².